The predicted octanol–water partition coefficient (Wildman–Crippen LogP) is 3.25. The van der Waals surface area contributed by atoms with Crippen LogP contribution in [0, 0.1) is 0 Å². The van der Waals surface area contributed by atoms with Crippen molar-refractivity contribution < 1.29 is 32.3 Å². The first-order valence-corrected chi connectivity index (χ1v) is 9.25. The maximum Gasteiger partial charge on any atom is 0.349 e. The second-order valence-electron chi connectivity index (χ2n) is 6.27. The fraction of sp³-hybridized carbons (Fsp3) is 0.238. The maximum absolute atomic E-state index is 14.7. The van der Waals surface area contributed by atoms with Gasteiger partial charge in [0.2, 0.25) is 6.04 Å². The van der Waals surface area contributed by atoms with E-state index < -0.39 is 35.6 Å². The molecule has 0 spiro atoms. The summed E-state index contributed by atoms with van der Waals surface area (Å²) in [5, 5.41) is 9.32. The van der Waals surface area contributed by atoms with E-state index in [2.05, 4.69) is 15.5 Å². The maximum atomic E-state index is 14.7. The number of carbonyl (C=O) groups is 2. The Bertz CT molecular complexity index is 1040. The number of hydrogen-bond acceptors (Lipinski definition) is 7. The first-order chi connectivity index (χ1) is 14.9. The van der Waals surface area contributed by atoms with Gasteiger partial charge in [-0.05, 0) is 31.2 Å². The smallest absolute Gasteiger partial charge is 0.349 e. The Labute approximate surface area is 176 Å². The van der Waals surface area contributed by atoms with Gasteiger partial charge in [0.25, 0.3) is 17.7 Å². The lowest BCUT2D eigenvalue weighted by Crippen LogP contribution is -2.35. The van der Waals surface area contributed by atoms with Gasteiger partial charge in [0.1, 0.15) is 5.75 Å². The summed E-state index contributed by atoms with van der Waals surface area (Å²) in [6, 6.07) is 11.4. The molecular formula is C21H19F2N3O5. The minimum absolute atomic E-state index is 0.00505. The van der Waals surface area contributed by atoms with Crippen molar-refractivity contribution in [2.75, 3.05) is 13.7 Å². The number of amides is 1. The quantitative estimate of drug-likeness (QED) is 0.546. The number of ether oxygens (including phenoxy) is 2. The third-order valence-corrected chi connectivity index (χ3v) is 4.24. The van der Waals surface area contributed by atoms with E-state index in [0.29, 0.717) is 5.75 Å². The molecule has 8 nitrogen and oxygen atoms in total. The summed E-state index contributed by atoms with van der Waals surface area (Å²) in [6.45, 7) is 1.55. The zero-order valence-corrected chi connectivity index (χ0v) is 16.7. The summed E-state index contributed by atoms with van der Waals surface area (Å²) in [5.74, 6) is -6.19. The van der Waals surface area contributed by atoms with Crippen LogP contribution in [-0.4, -0.2) is 35.8 Å². The van der Waals surface area contributed by atoms with Gasteiger partial charge in [0.15, 0.2) is 0 Å². The molecule has 0 fully saturated rings. The lowest BCUT2D eigenvalue weighted by atomic mass is 10.1. The minimum Gasteiger partial charge on any atom is -0.497 e. The molecule has 1 N–H and O–H groups in total. The van der Waals surface area contributed by atoms with Crippen LogP contribution in [0.25, 0.3) is 0 Å². The van der Waals surface area contributed by atoms with Crippen molar-refractivity contribution in [2.24, 2.45) is 0 Å². The molecule has 1 aromatic heterocycles. The SMILES string of the molecule is CCOC(=O)[C@H](NC(=O)c1ccc(OC)cc1)c1nnc(C(F)(F)c2ccccc2)o1. The number of benzene rings is 2. The topological polar surface area (TPSA) is 104 Å². The van der Waals surface area contributed by atoms with E-state index >= 15 is 0 Å². The molecule has 0 saturated heterocycles. The van der Waals surface area contributed by atoms with Gasteiger partial charge in [0.05, 0.1) is 13.7 Å². The molecular weight excluding hydrogens is 412 g/mol. The summed E-state index contributed by atoms with van der Waals surface area (Å²) in [4.78, 5) is 24.9. The highest BCUT2D eigenvalue weighted by Crippen LogP contribution is 2.35. The molecule has 0 aliphatic rings. The van der Waals surface area contributed by atoms with E-state index in [1.165, 1.54) is 43.5 Å². The van der Waals surface area contributed by atoms with E-state index in [1.807, 2.05) is 0 Å². The molecule has 0 saturated carbocycles. The number of nitrogens with one attached hydrogen (secondary N) is 1. The molecule has 0 unspecified atom stereocenters. The van der Waals surface area contributed by atoms with Gasteiger partial charge in [-0.15, -0.1) is 10.2 Å². The molecule has 0 aliphatic carbocycles. The summed E-state index contributed by atoms with van der Waals surface area (Å²) in [5.41, 5.74) is -0.162. The molecule has 31 heavy (non-hydrogen) atoms. The van der Waals surface area contributed by atoms with E-state index in [9.17, 15) is 18.4 Å². The fourth-order valence-electron chi connectivity index (χ4n) is 2.65. The Morgan fingerprint density at radius 1 is 1.10 bits per heavy atom. The van der Waals surface area contributed by atoms with Crippen LogP contribution >= 0.6 is 0 Å². The third-order valence-electron chi connectivity index (χ3n) is 4.24. The van der Waals surface area contributed by atoms with E-state index in [1.54, 1.807) is 25.1 Å². The second-order valence-corrected chi connectivity index (χ2v) is 6.27. The Morgan fingerprint density at radius 3 is 2.39 bits per heavy atom. The van der Waals surface area contributed by atoms with Crippen molar-refractivity contribution in [3.63, 3.8) is 0 Å². The number of hydrogen-bond donors (Lipinski definition) is 1. The standard InChI is InChI=1S/C21H19F2N3O5/c1-3-30-19(28)16(24-17(27)13-9-11-15(29-2)12-10-13)18-25-26-20(31-18)21(22,23)14-7-5-4-6-8-14/h4-12,16H,3H2,1-2H3,(H,24,27)/t16-/m1/s1. The number of esters is 1. The number of methoxy groups -OCH3 is 1. The molecule has 3 rings (SSSR count). The van der Waals surface area contributed by atoms with Gasteiger partial charge < -0.3 is 19.2 Å². The number of alkyl halides is 2. The first-order valence-electron chi connectivity index (χ1n) is 9.25. The van der Waals surface area contributed by atoms with Crippen LogP contribution in [0.2, 0.25) is 0 Å². The largest absolute Gasteiger partial charge is 0.497 e. The van der Waals surface area contributed by atoms with Crippen LogP contribution in [0.1, 0.15) is 40.7 Å². The van der Waals surface area contributed by atoms with Crippen molar-refractivity contribution in [1.82, 2.24) is 15.5 Å². The van der Waals surface area contributed by atoms with E-state index in [0.717, 1.165) is 0 Å². The van der Waals surface area contributed by atoms with Crippen LogP contribution in [-0.2, 0) is 15.5 Å². The Morgan fingerprint density at radius 2 is 1.77 bits per heavy atom. The molecule has 2 aromatic carbocycles. The lowest BCUT2D eigenvalue weighted by Gasteiger charge is -2.15. The Kier molecular flexibility index (Phi) is 6.58. The van der Waals surface area contributed by atoms with Gasteiger partial charge in [0, 0.05) is 11.1 Å². The lowest BCUT2D eigenvalue weighted by molar-refractivity contribution is -0.146. The number of nitrogens with zero attached hydrogens (tertiary/aromatic N) is 2. The molecule has 0 radical (unpaired) electrons. The predicted molar refractivity (Wildman–Crippen MR) is 104 cm³/mol. The van der Waals surface area contributed by atoms with Gasteiger partial charge in [-0.3, -0.25) is 4.79 Å². The average molecular weight is 431 g/mol. The zero-order valence-electron chi connectivity index (χ0n) is 16.7. The van der Waals surface area contributed by atoms with Crippen molar-refractivity contribution in [3.8, 4) is 5.75 Å². The Balaban J connectivity index is 1.87. The fourth-order valence-corrected chi connectivity index (χ4v) is 2.65. The third kappa shape index (κ3) is 4.85. The number of halogens is 2. The van der Waals surface area contributed by atoms with Gasteiger partial charge in [-0.2, -0.15) is 8.78 Å². The molecule has 3 aromatic rings. The molecule has 1 heterocycles. The number of rotatable bonds is 8. The molecule has 0 bridgehead atoms. The molecule has 1 atom stereocenters. The molecule has 1 amide bonds. The minimum atomic E-state index is -3.59. The highest BCUT2D eigenvalue weighted by atomic mass is 19.3. The second kappa shape index (κ2) is 9.33. The zero-order chi connectivity index (χ0) is 22.4. The summed E-state index contributed by atoms with van der Waals surface area (Å²) in [6.07, 6.45) is 0. The van der Waals surface area contributed by atoms with Crippen LogP contribution in [0.3, 0.4) is 0 Å². The Hall–Kier alpha value is -3.82. The monoisotopic (exact) mass is 431 g/mol. The van der Waals surface area contributed by atoms with Gasteiger partial charge in [-0.25, -0.2) is 4.79 Å². The van der Waals surface area contributed by atoms with Crippen LogP contribution in [0.15, 0.2) is 59.0 Å². The average Bonchev–Trinajstić information content (AvgIpc) is 3.29. The van der Waals surface area contributed by atoms with Crippen molar-refractivity contribution in [3.05, 3.63) is 77.5 Å². The van der Waals surface area contributed by atoms with Crippen LogP contribution in [0.4, 0.5) is 8.78 Å². The van der Waals surface area contributed by atoms with Crippen molar-refractivity contribution >= 4 is 11.9 Å². The van der Waals surface area contributed by atoms with Crippen LogP contribution < -0.4 is 10.1 Å². The van der Waals surface area contributed by atoms with Gasteiger partial charge >= 0.3 is 11.9 Å². The van der Waals surface area contributed by atoms with Crippen molar-refractivity contribution in [2.45, 2.75) is 18.9 Å². The highest BCUT2D eigenvalue weighted by Gasteiger charge is 2.42. The first kappa shape index (κ1) is 21.9. The summed E-state index contributed by atoms with van der Waals surface area (Å²) >= 11 is 0. The number of aromatic nitrogens is 2. The normalized spacial score (nSPS) is 12.1. The van der Waals surface area contributed by atoms with Gasteiger partial charge in [-0.1, -0.05) is 30.3 Å². The van der Waals surface area contributed by atoms with Crippen molar-refractivity contribution in [1.29, 1.82) is 0 Å². The molecule has 10 heteroatoms. The number of carbonyl (C=O) groups excluding carboxylic acids is 2. The molecule has 0 aliphatic heterocycles. The highest BCUT2D eigenvalue weighted by molar-refractivity contribution is 5.96. The van der Waals surface area contributed by atoms with E-state index in [-0.39, 0.29) is 17.7 Å². The molecule has 162 valence electrons. The van der Waals surface area contributed by atoms with Crippen LogP contribution in [0.5, 0.6) is 5.75 Å². The van der Waals surface area contributed by atoms with E-state index in [4.69, 9.17) is 13.9 Å². The summed E-state index contributed by atoms with van der Waals surface area (Å²) < 4.78 is 44.5. The summed E-state index contributed by atoms with van der Waals surface area (Å²) in [7, 11) is 1.48.